The molecule has 1 amide bonds. The Morgan fingerprint density at radius 2 is 2.00 bits per heavy atom. The van der Waals surface area contributed by atoms with Crippen molar-refractivity contribution in [2.45, 2.75) is 40.7 Å². The van der Waals surface area contributed by atoms with Crippen molar-refractivity contribution in [3.05, 3.63) is 36.1 Å². The molecule has 108 valence electrons. The normalized spacial score (nSPS) is 13.4. The van der Waals surface area contributed by atoms with Crippen molar-refractivity contribution in [3.63, 3.8) is 0 Å². The number of benzene rings is 1. The maximum atomic E-state index is 11.9. The smallest absolute Gasteiger partial charge is 0.220 e. The lowest BCUT2D eigenvalue weighted by Crippen LogP contribution is -2.28. The number of hydrogen-bond acceptors (Lipinski definition) is 2. The Kier molecular flexibility index (Phi) is 4.17. The van der Waals surface area contributed by atoms with E-state index >= 15 is 0 Å². The lowest BCUT2D eigenvalue weighted by atomic mass is 9.80. The molecule has 0 aliphatic rings. The fraction of sp³-hybridized carbons (Fsp3) is 0.471. The van der Waals surface area contributed by atoms with Gasteiger partial charge in [0.25, 0.3) is 0 Å². The first-order valence-corrected chi connectivity index (χ1v) is 7.10. The number of furan rings is 1. The third-order valence-electron chi connectivity index (χ3n) is 3.91. The monoisotopic (exact) mass is 273 g/mol. The van der Waals surface area contributed by atoms with Gasteiger partial charge in [-0.25, -0.2) is 0 Å². The van der Waals surface area contributed by atoms with Gasteiger partial charge in [0.1, 0.15) is 11.3 Å². The van der Waals surface area contributed by atoms with E-state index in [0.717, 1.165) is 16.7 Å². The molecule has 3 nitrogen and oxygen atoms in total. The van der Waals surface area contributed by atoms with Crippen LogP contribution in [-0.4, -0.2) is 5.91 Å². The number of carbonyl (C=O) groups excluding carboxylic acids is 1. The molecule has 0 radical (unpaired) electrons. The highest BCUT2D eigenvalue weighted by atomic mass is 16.3. The Hall–Kier alpha value is -1.77. The van der Waals surface area contributed by atoms with E-state index < -0.39 is 0 Å². The molecule has 1 unspecified atom stereocenters. The maximum absolute atomic E-state index is 11.9. The number of nitrogens with one attached hydrogen (secondary N) is 1. The summed E-state index contributed by atoms with van der Waals surface area (Å²) in [6, 6.07) is 9.83. The summed E-state index contributed by atoms with van der Waals surface area (Å²) in [7, 11) is 0. The molecule has 2 aromatic rings. The lowest BCUT2D eigenvalue weighted by Gasteiger charge is -2.26. The highest BCUT2D eigenvalue weighted by molar-refractivity contribution is 5.78. The van der Waals surface area contributed by atoms with E-state index in [-0.39, 0.29) is 11.3 Å². The van der Waals surface area contributed by atoms with Gasteiger partial charge in [-0.2, -0.15) is 0 Å². The molecule has 0 aliphatic carbocycles. The van der Waals surface area contributed by atoms with Crippen LogP contribution in [-0.2, 0) is 11.3 Å². The van der Waals surface area contributed by atoms with Gasteiger partial charge < -0.3 is 9.73 Å². The van der Waals surface area contributed by atoms with Gasteiger partial charge in [0.2, 0.25) is 5.91 Å². The van der Waals surface area contributed by atoms with Crippen LogP contribution < -0.4 is 5.32 Å². The van der Waals surface area contributed by atoms with Crippen LogP contribution >= 0.6 is 0 Å². The van der Waals surface area contributed by atoms with Gasteiger partial charge in [-0.15, -0.1) is 0 Å². The molecule has 1 aromatic heterocycles. The predicted octanol–water partition coefficient (Wildman–Crippen LogP) is 4.12. The molecular formula is C17H23NO2. The van der Waals surface area contributed by atoms with Crippen LogP contribution in [0, 0.1) is 11.3 Å². The van der Waals surface area contributed by atoms with Crippen LogP contribution in [0.25, 0.3) is 11.0 Å². The molecule has 0 aliphatic heterocycles. The van der Waals surface area contributed by atoms with Crippen LogP contribution in [0.2, 0.25) is 0 Å². The predicted molar refractivity (Wildman–Crippen MR) is 81.3 cm³/mol. The molecule has 3 heteroatoms. The van der Waals surface area contributed by atoms with Crippen molar-refractivity contribution >= 4 is 16.9 Å². The minimum absolute atomic E-state index is 0.0767. The minimum atomic E-state index is 0.0767. The number of rotatable bonds is 4. The fourth-order valence-electron chi connectivity index (χ4n) is 1.97. The van der Waals surface area contributed by atoms with Gasteiger partial charge in [-0.1, -0.05) is 45.9 Å². The fourth-order valence-corrected chi connectivity index (χ4v) is 1.97. The number of amides is 1. The molecule has 0 saturated heterocycles. The first-order chi connectivity index (χ1) is 9.36. The van der Waals surface area contributed by atoms with E-state index in [1.165, 1.54) is 0 Å². The van der Waals surface area contributed by atoms with E-state index in [4.69, 9.17) is 4.42 Å². The van der Waals surface area contributed by atoms with Crippen LogP contribution in [0.15, 0.2) is 34.7 Å². The number of para-hydroxylation sites is 1. The maximum Gasteiger partial charge on any atom is 0.220 e. The Labute approximate surface area is 120 Å². The summed E-state index contributed by atoms with van der Waals surface area (Å²) >= 11 is 0. The van der Waals surface area contributed by atoms with E-state index in [9.17, 15) is 4.79 Å². The Bertz CT molecular complexity index is 559. The topological polar surface area (TPSA) is 42.2 Å². The first kappa shape index (κ1) is 14.6. The van der Waals surface area contributed by atoms with Crippen molar-refractivity contribution in [2.75, 3.05) is 0 Å². The molecule has 2 rings (SSSR count). The second kappa shape index (κ2) is 5.70. The Morgan fingerprint density at radius 1 is 1.30 bits per heavy atom. The van der Waals surface area contributed by atoms with Crippen LogP contribution in [0.5, 0.6) is 0 Å². The minimum Gasteiger partial charge on any atom is -0.459 e. The standard InChI is InChI=1S/C17H23NO2/c1-12(17(2,3)4)9-16(19)18-11-14-10-13-7-5-6-8-15(13)20-14/h5-8,10,12H,9,11H2,1-4H3,(H,18,19). The van der Waals surface area contributed by atoms with Crippen molar-refractivity contribution in [2.24, 2.45) is 11.3 Å². The average Bonchev–Trinajstić information content (AvgIpc) is 2.78. The molecule has 0 saturated carbocycles. The quantitative estimate of drug-likeness (QED) is 0.910. The van der Waals surface area contributed by atoms with E-state index in [1.54, 1.807) is 0 Å². The van der Waals surface area contributed by atoms with Gasteiger partial charge in [0, 0.05) is 11.8 Å². The summed E-state index contributed by atoms with van der Waals surface area (Å²) in [6.07, 6.45) is 0.545. The second-order valence-corrected chi connectivity index (χ2v) is 6.50. The van der Waals surface area contributed by atoms with Crippen molar-refractivity contribution in [3.8, 4) is 0 Å². The lowest BCUT2D eigenvalue weighted by molar-refractivity contribution is -0.122. The Morgan fingerprint density at radius 3 is 2.65 bits per heavy atom. The van der Waals surface area contributed by atoms with Gasteiger partial charge in [-0.3, -0.25) is 4.79 Å². The highest BCUT2D eigenvalue weighted by Crippen LogP contribution is 2.27. The first-order valence-electron chi connectivity index (χ1n) is 7.10. The third kappa shape index (κ3) is 3.62. The van der Waals surface area contributed by atoms with Crippen LogP contribution in [0.3, 0.4) is 0 Å². The molecule has 0 spiro atoms. The summed E-state index contributed by atoms with van der Waals surface area (Å²) < 4.78 is 5.68. The molecule has 1 aromatic carbocycles. The summed E-state index contributed by atoms with van der Waals surface area (Å²) in [5.41, 5.74) is 1.01. The van der Waals surface area contributed by atoms with Crippen molar-refractivity contribution < 1.29 is 9.21 Å². The van der Waals surface area contributed by atoms with Gasteiger partial charge in [-0.05, 0) is 23.5 Å². The number of carbonyl (C=O) groups is 1. The van der Waals surface area contributed by atoms with Crippen LogP contribution in [0.1, 0.15) is 39.9 Å². The highest BCUT2D eigenvalue weighted by Gasteiger charge is 2.22. The second-order valence-electron chi connectivity index (χ2n) is 6.50. The van der Waals surface area contributed by atoms with Crippen molar-refractivity contribution in [1.82, 2.24) is 5.32 Å². The summed E-state index contributed by atoms with van der Waals surface area (Å²) in [6.45, 7) is 9.03. The number of hydrogen-bond donors (Lipinski definition) is 1. The summed E-state index contributed by atoms with van der Waals surface area (Å²) in [5.74, 6) is 1.22. The Balaban J connectivity index is 1.90. The number of fused-ring (bicyclic) bond motifs is 1. The molecule has 1 atom stereocenters. The van der Waals surface area contributed by atoms with Gasteiger partial charge >= 0.3 is 0 Å². The van der Waals surface area contributed by atoms with E-state index in [2.05, 4.69) is 33.0 Å². The van der Waals surface area contributed by atoms with Gasteiger partial charge in [0.05, 0.1) is 6.54 Å². The molecule has 0 bridgehead atoms. The van der Waals surface area contributed by atoms with E-state index in [1.807, 2.05) is 30.3 Å². The summed E-state index contributed by atoms with van der Waals surface area (Å²) in [5, 5.41) is 4.00. The molecule has 0 fully saturated rings. The largest absolute Gasteiger partial charge is 0.459 e. The molecule has 20 heavy (non-hydrogen) atoms. The average molecular weight is 273 g/mol. The van der Waals surface area contributed by atoms with Gasteiger partial charge in [0.15, 0.2) is 0 Å². The van der Waals surface area contributed by atoms with Crippen LogP contribution in [0.4, 0.5) is 0 Å². The zero-order chi connectivity index (χ0) is 14.8. The SMILES string of the molecule is CC(CC(=O)NCc1cc2ccccc2o1)C(C)(C)C. The zero-order valence-electron chi connectivity index (χ0n) is 12.7. The molecule has 1 N–H and O–H groups in total. The summed E-state index contributed by atoms with van der Waals surface area (Å²) in [4.78, 5) is 11.9. The van der Waals surface area contributed by atoms with E-state index in [0.29, 0.717) is 18.9 Å². The van der Waals surface area contributed by atoms with Crippen molar-refractivity contribution in [1.29, 1.82) is 0 Å². The molecule has 1 heterocycles. The third-order valence-corrected chi connectivity index (χ3v) is 3.91. The zero-order valence-corrected chi connectivity index (χ0v) is 12.7. The molecular weight excluding hydrogens is 250 g/mol.